The van der Waals surface area contributed by atoms with Crippen LogP contribution in [0.3, 0.4) is 0 Å². The van der Waals surface area contributed by atoms with Crippen molar-refractivity contribution in [2.45, 2.75) is 18.3 Å². The summed E-state index contributed by atoms with van der Waals surface area (Å²) >= 11 is 0. The van der Waals surface area contributed by atoms with Gasteiger partial charge in [0.25, 0.3) is 0 Å². The van der Waals surface area contributed by atoms with Gasteiger partial charge in [-0.25, -0.2) is 0 Å². The smallest absolute Gasteiger partial charge is 0.113 e. The van der Waals surface area contributed by atoms with E-state index in [9.17, 15) is 5.11 Å². The van der Waals surface area contributed by atoms with Crippen LogP contribution in [0, 0.1) is 0 Å². The third-order valence-electron chi connectivity index (χ3n) is 1.99. The number of aliphatic hydroxyl groups is 1. The summed E-state index contributed by atoms with van der Waals surface area (Å²) in [6.07, 6.45) is 0.258. The minimum Gasteiger partial charge on any atom is -0.389 e. The van der Waals surface area contributed by atoms with Crippen LogP contribution < -0.4 is 0 Å². The van der Waals surface area contributed by atoms with Gasteiger partial charge in [0.05, 0.1) is 12.2 Å². The molecule has 0 aromatic carbocycles. The molecule has 52 valence electrons. The number of aliphatic hydroxyl groups excluding tert-OH is 1. The Morgan fingerprint density at radius 2 is 2.33 bits per heavy atom. The molecule has 3 heteroatoms. The number of nitrogens with zero attached hydrogens (tertiary/aromatic N) is 1. The fraction of sp³-hybridized carbons (Fsp3) is 1.00. The van der Waals surface area contributed by atoms with E-state index in [1.165, 1.54) is 0 Å². The molecule has 1 unspecified atom stereocenters. The molecule has 0 aromatic heterocycles. The van der Waals surface area contributed by atoms with Crippen LogP contribution in [-0.2, 0) is 4.74 Å². The molecule has 2 aliphatic rings. The number of ether oxygens (including phenoxy) is 1. The highest BCUT2D eigenvalue weighted by atomic mass is 16.6. The molecular formula is C6H11NO2. The molecule has 0 bridgehead atoms. The van der Waals surface area contributed by atoms with E-state index in [4.69, 9.17) is 4.74 Å². The number of piperidine rings is 1. The Morgan fingerprint density at radius 3 is 3.00 bits per heavy atom. The largest absolute Gasteiger partial charge is 0.389 e. The zero-order chi connectivity index (χ0) is 6.43. The highest BCUT2D eigenvalue weighted by Crippen LogP contribution is 2.29. The molecule has 2 heterocycles. The van der Waals surface area contributed by atoms with Crippen LogP contribution in [0.5, 0.6) is 0 Å². The molecule has 0 aliphatic carbocycles. The Morgan fingerprint density at radius 1 is 1.56 bits per heavy atom. The predicted octanol–water partition coefficient (Wildman–Crippen LogP) is -0.940. The molecule has 3 nitrogen and oxygen atoms in total. The standard InChI is InChI=1S/C6H11NO2/c1-7-2-4(8)6-5(3-7)9-6/h4-6,8H,2-3H2,1H3/t4-,5+,6?/m0/s1. The van der Waals surface area contributed by atoms with Crippen molar-refractivity contribution in [3.63, 3.8) is 0 Å². The van der Waals surface area contributed by atoms with E-state index >= 15 is 0 Å². The van der Waals surface area contributed by atoms with Crippen molar-refractivity contribution >= 4 is 0 Å². The molecular weight excluding hydrogens is 118 g/mol. The summed E-state index contributed by atoms with van der Waals surface area (Å²) in [6, 6.07) is 0. The third-order valence-corrected chi connectivity index (χ3v) is 1.99. The monoisotopic (exact) mass is 129 g/mol. The van der Waals surface area contributed by atoms with Gasteiger partial charge in [-0.3, -0.25) is 0 Å². The maximum Gasteiger partial charge on any atom is 0.113 e. The number of rotatable bonds is 0. The minimum absolute atomic E-state index is 0.168. The van der Waals surface area contributed by atoms with E-state index in [1.54, 1.807) is 0 Å². The number of epoxide rings is 1. The molecule has 9 heavy (non-hydrogen) atoms. The second-order valence-corrected chi connectivity index (χ2v) is 2.93. The first-order chi connectivity index (χ1) is 4.27. The van der Waals surface area contributed by atoms with Gasteiger partial charge in [-0.05, 0) is 7.05 Å². The maximum atomic E-state index is 9.22. The van der Waals surface area contributed by atoms with E-state index in [-0.39, 0.29) is 12.2 Å². The van der Waals surface area contributed by atoms with Crippen LogP contribution in [0.15, 0.2) is 0 Å². The Balaban J connectivity index is 1.99. The Kier molecular flexibility index (Phi) is 1.06. The van der Waals surface area contributed by atoms with Crippen molar-refractivity contribution in [1.82, 2.24) is 4.90 Å². The fourth-order valence-electron chi connectivity index (χ4n) is 1.45. The number of hydrogen-bond donors (Lipinski definition) is 1. The van der Waals surface area contributed by atoms with Crippen molar-refractivity contribution in [3.05, 3.63) is 0 Å². The Bertz CT molecular complexity index is 128. The fourth-order valence-corrected chi connectivity index (χ4v) is 1.45. The van der Waals surface area contributed by atoms with Gasteiger partial charge in [0.15, 0.2) is 0 Å². The first kappa shape index (κ1) is 5.65. The lowest BCUT2D eigenvalue weighted by atomic mass is 10.1. The topological polar surface area (TPSA) is 36.0 Å². The molecule has 0 spiro atoms. The SMILES string of the molecule is CN1C[C@H](O)C2O[C@@H]2C1. The summed E-state index contributed by atoms with van der Waals surface area (Å²) in [5.74, 6) is 0. The quantitative estimate of drug-likeness (QED) is 0.429. The van der Waals surface area contributed by atoms with Crippen LogP contribution >= 0.6 is 0 Å². The zero-order valence-electron chi connectivity index (χ0n) is 5.45. The highest BCUT2D eigenvalue weighted by Gasteiger charge is 2.48. The summed E-state index contributed by atoms with van der Waals surface area (Å²) in [7, 11) is 2.00. The first-order valence-corrected chi connectivity index (χ1v) is 3.29. The van der Waals surface area contributed by atoms with Gasteiger partial charge < -0.3 is 14.7 Å². The molecule has 2 rings (SSSR count). The van der Waals surface area contributed by atoms with Crippen LogP contribution in [0.2, 0.25) is 0 Å². The van der Waals surface area contributed by atoms with Gasteiger partial charge in [-0.2, -0.15) is 0 Å². The number of fused-ring (bicyclic) bond motifs is 1. The van der Waals surface area contributed by atoms with Gasteiger partial charge in [-0.1, -0.05) is 0 Å². The normalized spacial score (nSPS) is 50.7. The molecule has 2 aliphatic heterocycles. The second kappa shape index (κ2) is 1.68. The summed E-state index contributed by atoms with van der Waals surface area (Å²) in [6.45, 7) is 1.75. The third kappa shape index (κ3) is 0.852. The summed E-state index contributed by atoms with van der Waals surface area (Å²) in [4.78, 5) is 2.10. The van der Waals surface area contributed by atoms with Crippen molar-refractivity contribution in [2.75, 3.05) is 20.1 Å². The summed E-state index contributed by atoms with van der Waals surface area (Å²) in [5, 5.41) is 9.22. The average molecular weight is 129 g/mol. The van der Waals surface area contributed by atoms with Crippen LogP contribution in [0.1, 0.15) is 0 Å². The van der Waals surface area contributed by atoms with Crippen molar-refractivity contribution in [2.24, 2.45) is 0 Å². The minimum atomic E-state index is -0.242. The molecule has 2 fully saturated rings. The molecule has 0 aromatic rings. The Hall–Kier alpha value is -0.120. The lowest BCUT2D eigenvalue weighted by Gasteiger charge is -2.22. The number of likely N-dealkylation sites (N-methyl/N-ethyl adjacent to an activating group) is 1. The van der Waals surface area contributed by atoms with Crippen molar-refractivity contribution in [1.29, 1.82) is 0 Å². The molecule has 3 atom stereocenters. The van der Waals surface area contributed by atoms with Crippen molar-refractivity contribution in [3.8, 4) is 0 Å². The molecule has 0 saturated carbocycles. The van der Waals surface area contributed by atoms with Crippen LogP contribution in [0.4, 0.5) is 0 Å². The summed E-state index contributed by atoms with van der Waals surface area (Å²) < 4.78 is 5.17. The molecule has 2 saturated heterocycles. The number of β-amino-alcohol motifs (C(OH)–C–C–N with tert-alkyl or cyclic N) is 1. The van der Waals surface area contributed by atoms with E-state index in [0.29, 0.717) is 6.10 Å². The maximum absolute atomic E-state index is 9.22. The van der Waals surface area contributed by atoms with Gasteiger partial charge in [0, 0.05) is 13.1 Å². The van der Waals surface area contributed by atoms with E-state index in [2.05, 4.69) is 4.90 Å². The van der Waals surface area contributed by atoms with Gasteiger partial charge in [0.2, 0.25) is 0 Å². The predicted molar refractivity (Wildman–Crippen MR) is 32.2 cm³/mol. The average Bonchev–Trinajstić information content (AvgIpc) is 2.43. The number of hydrogen-bond acceptors (Lipinski definition) is 3. The highest BCUT2D eigenvalue weighted by molar-refractivity contribution is 4.97. The first-order valence-electron chi connectivity index (χ1n) is 3.29. The zero-order valence-corrected chi connectivity index (χ0v) is 5.45. The van der Waals surface area contributed by atoms with E-state index in [0.717, 1.165) is 13.1 Å². The van der Waals surface area contributed by atoms with Crippen LogP contribution in [0.25, 0.3) is 0 Å². The van der Waals surface area contributed by atoms with Crippen molar-refractivity contribution < 1.29 is 9.84 Å². The second-order valence-electron chi connectivity index (χ2n) is 2.93. The molecule has 0 amide bonds. The van der Waals surface area contributed by atoms with Gasteiger partial charge in [0.1, 0.15) is 6.10 Å². The molecule has 0 radical (unpaired) electrons. The lowest BCUT2D eigenvalue weighted by molar-refractivity contribution is 0.0945. The molecule has 1 N–H and O–H groups in total. The van der Waals surface area contributed by atoms with Crippen LogP contribution in [-0.4, -0.2) is 48.5 Å². The number of likely N-dealkylation sites (tertiary alicyclic amines) is 1. The lowest BCUT2D eigenvalue weighted by Crippen LogP contribution is -2.41. The Labute approximate surface area is 54.2 Å². The van der Waals surface area contributed by atoms with Gasteiger partial charge in [-0.15, -0.1) is 0 Å². The van der Waals surface area contributed by atoms with E-state index in [1.807, 2.05) is 7.05 Å². The van der Waals surface area contributed by atoms with Gasteiger partial charge >= 0.3 is 0 Å². The summed E-state index contributed by atoms with van der Waals surface area (Å²) in [5.41, 5.74) is 0. The van der Waals surface area contributed by atoms with E-state index < -0.39 is 0 Å².